The Labute approximate surface area is 181 Å². The van der Waals surface area contributed by atoms with E-state index in [4.69, 9.17) is 5.11 Å². The van der Waals surface area contributed by atoms with Gasteiger partial charge < -0.3 is 15.0 Å². The Balaban J connectivity index is 1.53. The fourth-order valence-corrected chi connectivity index (χ4v) is 4.59. The molecule has 7 nitrogen and oxygen atoms in total. The van der Waals surface area contributed by atoms with E-state index >= 15 is 0 Å². The number of thiophene rings is 1. The first-order valence-corrected chi connectivity index (χ1v) is 10.3. The molecule has 3 heterocycles. The molecule has 0 spiro atoms. The minimum atomic E-state index is -1.31. The van der Waals surface area contributed by atoms with Crippen LogP contribution >= 0.6 is 11.3 Å². The van der Waals surface area contributed by atoms with Crippen LogP contribution in [0, 0.1) is 6.92 Å². The number of aromatic nitrogens is 2. The molecule has 0 aliphatic carbocycles. The summed E-state index contributed by atoms with van der Waals surface area (Å²) in [5.41, 5.74) is 1.03. The van der Waals surface area contributed by atoms with E-state index in [1.54, 1.807) is 35.4 Å². The van der Waals surface area contributed by atoms with E-state index in [1.165, 1.54) is 34.0 Å². The van der Waals surface area contributed by atoms with Gasteiger partial charge in [0, 0.05) is 34.3 Å². The van der Waals surface area contributed by atoms with Gasteiger partial charge in [0.25, 0.3) is 5.56 Å². The van der Waals surface area contributed by atoms with Crippen LogP contribution in [0.3, 0.4) is 0 Å². The number of carbonyl (C=O) groups excluding carboxylic acids is 1. The molecule has 3 aromatic heterocycles. The van der Waals surface area contributed by atoms with Crippen LogP contribution in [-0.2, 0) is 11.3 Å². The van der Waals surface area contributed by atoms with Gasteiger partial charge in [0.2, 0.25) is 5.91 Å². The van der Waals surface area contributed by atoms with E-state index in [-0.39, 0.29) is 17.1 Å². The van der Waals surface area contributed by atoms with E-state index in [2.05, 4.69) is 29.0 Å². The summed E-state index contributed by atoms with van der Waals surface area (Å²) in [6.45, 7) is 2.58. The van der Waals surface area contributed by atoms with Gasteiger partial charge in [-0.15, -0.1) is 11.3 Å². The maximum atomic E-state index is 12.6. The zero-order chi connectivity index (χ0) is 22.1. The number of hydrogen-bond acceptors (Lipinski definition) is 5. The molecule has 156 valence electrons. The molecule has 0 unspecified atom stereocenters. The van der Waals surface area contributed by atoms with Crippen molar-refractivity contribution in [2.75, 3.05) is 7.05 Å². The van der Waals surface area contributed by atoms with E-state index in [1.807, 2.05) is 12.1 Å². The summed E-state index contributed by atoms with van der Waals surface area (Å²) in [5.74, 6) is -1.47. The minimum absolute atomic E-state index is 0.162. The van der Waals surface area contributed by atoms with Crippen molar-refractivity contribution in [3.05, 3.63) is 80.6 Å². The summed E-state index contributed by atoms with van der Waals surface area (Å²) in [4.78, 5) is 44.9. The number of fused-ring (bicyclic) bond motifs is 2. The number of amides is 1. The molecule has 1 aromatic carbocycles. The van der Waals surface area contributed by atoms with Crippen molar-refractivity contribution in [1.82, 2.24) is 14.9 Å². The number of benzene rings is 1. The first-order chi connectivity index (χ1) is 14.8. The molecule has 2 N–H and O–H groups in total. The van der Waals surface area contributed by atoms with Gasteiger partial charge in [0.05, 0.1) is 6.54 Å². The van der Waals surface area contributed by atoms with Crippen LogP contribution in [0.5, 0.6) is 0 Å². The van der Waals surface area contributed by atoms with Crippen molar-refractivity contribution < 1.29 is 14.7 Å². The fraction of sp³-hybridized carbons (Fsp3) is 0.130. The summed E-state index contributed by atoms with van der Waals surface area (Å²) < 4.78 is 1.20. The van der Waals surface area contributed by atoms with E-state index < -0.39 is 11.5 Å². The van der Waals surface area contributed by atoms with Gasteiger partial charge in [-0.05, 0) is 47.7 Å². The van der Waals surface area contributed by atoms with Gasteiger partial charge in [-0.1, -0.05) is 18.2 Å². The highest BCUT2D eigenvalue weighted by atomic mass is 32.1. The molecule has 0 radical (unpaired) electrons. The second-order valence-electron chi connectivity index (χ2n) is 7.20. The minimum Gasteiger partial charge on any atom is -0.477 e. The fourth-order valence-electron chi connectivity index (χ4n) is 3.32. The maximum Gasteiger partial charge on any atom is 0.341 e. The Morgan fingerprint density at radius 3 is 2.77 bits per heavy atom. The molecule has 0 bridgehead atoms. The second-order valence-corrected chi connectivity index (χ2v) is 8.33. The number of aromatic carboxylic acids is 1. The van der Waals surface area contributed by atoms with Crippen LogP contribution in [0.15, 0.2) is 53.5 Å². The molecule has 31 heavy (non-hydrogen) atoms. The molecule has 0 fully saturated rings. The smallest absolute Gasteiger partial charge is 0.341 e. The van der Waals surface area contributed by atoms with Gasteiger partial charge in [0.15, 0.2) is 0 Å². The number of H-pyrrole nitrogens is 1. The Morgan fingerprint density at radius 2 is 2.03 bits per heavy atom. The largest absolute Gasteiger partial charge is 0.477 e. The SMILES string of the molecule is Cc1c(CN(C)C(=O)C=Cc2cnc3[nH]c(=O)c(C(=O)O)cc3c2)sc2ccccc12. The molecule has 0 aliphatic heterocycles. The molecular formula is C23H19N3O4S. The van der Waals surface area contributed by atoms with E-state index in [9.17, 15) is 14.4 Å². The summed E-state index contributed by atoms with van der Waals surface area (Å²) in [6.07, 6.45) is 4.59. The second kappa shape index (κ2) is 8.16. The average Bonchev–Trinajstić information content (AvgIpc) is 3.06. The summed E-state index contributed by atoms with van der Waals surface area (Å²) >= 11 is 1.69. The van der Waals surface area contributed by atoms with E-state index in [0.717, 1.165) is 4.88 Å². The van der Waals surface area contributed by atoms with Gasteiger partial charge in [-0.2, -0.15) is 0 Å². The number of aromatic amines is 1. The lowest BCUT2D eigenvalue weighted by molar-refractivity contribution is -0.125. The molecule has 0 atom stereocenters. The van der Waals surface area contributed by atoms with Crippen LogP contribution in [0.1, 0.15) is 26.4 Å². The van der Waals surface area contributed by atoms with Gasteiger partial charge >= 0.3 is 5.97 Å². The van der Waals surface area contributed by atoms with Crippen LogP contribution in [0.25, 0.3) is 27.2 Å². The highest BCUT2D eigenvalue weighted by Crippen LogP contribution is 2.31. The number of nitrogens with one attached hydrogen (secondary N) is 1. The normalized spacial score (nSPS) is 11.4. The van der Waals surface area contributed by atoms with Crippen LogP contribution in [-0.4, -0.2) is 38.9 Å². The molecule has 0 saturated carbocycles. The Morgan fingerprint density at radius 1 is 1.26 bits per heavy atom. The third-order valence-electron chi connectivity index (χ3n) is 5.06. The summed E-state index contributed by atoms with van der Waals surface area (Å²) in [6, 6.07) is 11.1. The lowest BCUT2D eigenvalue weighted by Gasteiger charge is -2.14. The third-order valence-corrected chi connectivity index (χ3v) is 6.32. The number of carboxylic acids is 1. The van der Waals surface area contributed by atoms with Gasteiger partial charge in [-0.25, -0.2) is 9.78 Å². The molecular weight excluding hydrogens is 414 g/mol. The number of pyridine rings is 2. The van der Waals surface area contributed by atoms with Crippen LogP contribution in [0.2, 0.25) is 0 Å². The predicted octanol–water partition coefficient (Wildman–Crippen LogP) is 3.82. The van der Waals surface area contributed by atoms with E-state index in [0.29, 0.717) is 17.5 Å². The molecule has 4 rings (SSSR count). The number of aryl methyl sites for hydroxylation is 1. The number of rotatable bonds is 5. The topological polar surface area (TPSA) is 103 Å². The number of hydrogen-bond donors (Lipinski definition) is 2. The predicted molar refractivity (Wildman–Crippen MR) is 121 cm³/mol. The van der Waals surface area contributed by atoms with Crippen LogP contribution < -0.4 is 5.56 Å². The highest BCUT2D eigenvalue weighted by molar-refractivity contribution is 7.19. The number of likely N-dealkylation sites (N-methyl/N-ethyl adjacent to an activating group) is 1. The van der Waals surface area contributed by atoms with Gasteiger partial charge in [0.1, 0.15) is 11.2 Å². The monoisotopic (exact) mass is 433 g/mol. The molecule has 0 aliphatic rings. The number of carbonyl (C=O) groups is 2. The number of carboxylic acid groups (broad SMARTS) is 1. The molecule has 1 amide bonds. The summed E-state index contributed by atoms with van der Waals surface area (Å²) in [5, 5.41) is 10.8. The summed E-state index contributed by atoms with van der Waals surface area (Å²) in [7, 11) is 1.75. The van der Waals surface area contributed by atoms with Gasteiger partial charge in [-0.3, -0.25) is 9.59 Å². The Bertz CT molecular complexity index is 1420. The zero-order valence-corrected chi connectivity index (χ0v) is 17.7. The maximum absolute atomic E-state index is 12.6. The third kappa shape index (κ3) is 4.10. The molecule has 8 heteroatoms. The quantitative estimate of drug-likeness (QED) is 0.466. The first-order valence-electron chi connectivity index (χ1n) is 9.50. The number of nitrogens with zero attached hydrogens (tertiary/aromatic N) is 2. The van der Waals surface area contributed by atoms with Crippen molar-refractivity contribution >= 4 is 50.4 Å². The Hall–Kier alpha value is -3.78. The Kier molecular flexibility index (Phi) is 5.39. The molecule has 0 saturated heterocycles. The standard InChI is InChI=1S/C23H19N3O4S/c1-13-16-5-3-4-6-18(16)31-19(13)12-26(2)20(27)8-7-14-9-15-10-17(23(29)30)22(28)25-21(15)24-11-14/h3-11H,12H2,1-2H3,(H,29,30)(H,24,25,28). The van der Waals surface area contributed by atoms with Crippen molar-refractivity contribution in [1.29, 1.82) is 0 Å². The lowest BCUT2D eigenvalue weighted by Crippen LogP contribution is -2.23. The van der Waals surface area contributed by atoms with Crippen molar-refractivity contribution in [3.8, 4) is 0 Å². The average molecular weight is 433 g/mol. The van der Waals surface area contributed by atoms with Crippen molar-refractivity contribution in [2.45, 2.75) is 13.5 Å². The van der Waals surface area contributed by atoms with Crippen molar-refractivity contribution in [3.63, 3.8) is 0 Å². The lowest BCUT2D eigenvalue weighted by atomic mass is 10.1. The first kappa shape index (κ1) is 20.5. The zero-order valence-electron chi connectivity index (χ0n) is 16.9. The van der Waals surface area contributed by atoms with Crippen molar-refractivity contribution in [2.24, 2.45) is 0 Å². The molecule has 4 aromatic rings. The van der Waals surface area contributed by atoms with Crippen LogP contribution in [0.4, 0.5) is 0 Å². The highest BCUT2D eigenvalue weighted by Gasteiger charge is 2.13.